The van der Waals surface area contributed by atoms with Crippen LogP contribution in [0.5, 0.6) is 5.75 Å². The van der Waals surface area contributed by atoms with Gasteiger partial charge in [0.1, 0.15) is 11.3 Å². The minimum atomic E-state index is 0.109. The van der Waals surface area contributed by atoms with Crippen LogP contribution in [0.25, 0.3) is 16.6 Å². The predicted molar refractivity (Wildman–Crippen MR) is 126 cm³/mol. The number of aliphatic imine (C=N–C) groups is 1. The summed E-state index contributed by atoms with van der Waals surface area (Å²) in [7, 11) is 3.79. The van der Waals surface area contributed by atoms with Gasteiger partial charge in [0.05, 0.1) is 24.3 Å². The van der Waals surface area contributed by atoms with Crippen molar-refractivity contribution in [1.82, 2.24) is 34.3 Å². The normalized spacial score (nSPS) is 19.2. The number of fused-ring (bicyclic) bond motifs is 3. The van der Waals surface area contributed by atoms with Crippen LogP contribution in [0, 0.1) is 0 Å². The highest BCUT2D eigenvalue weighted by molar-refractivity contribution is 5.95. The number of hydrogen-bond acceptors (Lipinski definition) is 7. The Bertz CT molecular complexity index is 1350. The molecule has 10 heteroatoms. The number of rotatable bonds is 5. The van der Waals surface area contributed by atoms with E-state index in [0.29, 0.717) is 23.2 Å². The Morgan fingerprint density at radius 2 is 2.06 bits per heavy atom. The van der Waals surface area contributed by atoms with E-state index < -0.39 is 0 Å². The van der Waals surface area contributed by atoms with E-state index in [-0.39, 0.29) is 11.7 Å². The van der Waals surface area contributed by atoms with E-state index in [1.54, 1.807) is 23.0 Å². The average Bonchev–Trinajstić information content (AvgIpc) is 3.37. The van der Waals surface area contributed by atoms with Gasteiger partial charge in [-0.15, -0.1) is 5.10 Å². The molecule has 2 aliphatic rings. The van der Waals surface area contributed by atoms with E-state index in [1.165, 1.54) is 18.5 Å². The smallest absolute Gasteiger partial charge is 0.254 e. The Morgan fingerprint density at radius 1 is 1.18 bits per heavy atom. The highest BCUT2D eigenvalue weighted by Gasteiger charge is 2.29. The molecule has 33 heavy (non-hydrogen) atoms. The van der Waals surface area contributed by atoms with Crippen molar-refractivity contribution in [3.63, 3.8) is 0 Å². The maximum Gasteiger partial charge on any atom is 0.254 e. The molecule has 1 N–H and O–H groups in total. The number of benzene rings is 1. The summed E-state index contributed by atoms with van der Waals surface area (Å²) < 4.78 is 3.79. The van der Waals surface area contributed by atoms with Crippen LogP contribution >= 0.6 is 0 Å². The molecule has 1 saturated heterocycles. The summed E-state index contributed by atoms with van der Waals surface area (Å²) in [6.07, 6.45) is 10.4. The predicted octanol–water partition coefficient (Wildman–Crippen LogP) is 3.12. The van der Waals surface area contributed by atoms with Gasteiger partial charge in [-0.1, -0.05) is 6.07 Å². The van der Waals surface area contributed by atoms with Gasteiger partial charge in [0.2, 0.25) is 0 Å². The number of anilines is 1. The lowest BCUT2D eigenvalue weighted by molar-refractivity contribution is 0.480. The van der Waals surface area contributed by atoms with E-state index in [4.69, 9.17) is 10.1 Å². The molecule has 1 aliphatic heterocycles. The van der Waals surface area contributed by atoms with Crippen molar-refractivity contribution in [2.45, 2.75) is 37.6 Å². The zero-order valence-electron chi connectivity index (χ0n) is 18.8. The molecule has 0 radical (unpaired) electrons. The number of aromatic hydroxyl groups is 1. The van der Waals surface area contributed by atoms with Gasteiger partial charge < -0.3 is 14.9 Å². The van der Waals surface area contributed by atoms with Crippen LogP contribution in [-0.2, 0) is 0 Å². The monoisotopic (exact) mass is 445 g/mol. The molecule has 1 aliphatic carbocycles. The maximum atomic E-state index is 10.4. The van der Waals surface area contributed by atoms with E-state index >= 15 is 0 Å². The lowest BCUT2D eigenvalue weighted by Crippen LogP contribution is -2.34. The largest absolute Gasteiger partial charge is 0.506 e. The first-order valence-corrected chi connectivity index (χ1v) is 11.4. The Morgan fingerprint density at radius 3 is 2.88 bits per heavy atom. The van der Waals surface area contributed by atoms with Gasteiger partial charge in [-0.3, -0.25) is 4.68 Å². The summed E-state index contributed by atoms with van der Waals surface area (Å²) in [6, 6.07) is 5.92. The molecular formula is C23H27N9O. The molecule has 1 aromatic carbocycles. The second-order valence-corrected chi connectivity index (χ2v) is 9.19. The minimum Gasteiger partial charge on any atom is -0.506 e. The number of para-hydroxylation sites is 1. The molecule has 10 nitrogen and oxygen atoms in total. The summed E-state index contributed by atoms with van der Waals surface area (Å²) >= 11 is 0. The molecule has 6 rings (SSSR count). The lowest BCUT2D eigenvalue weighted by Gasteiger charge is -2.32. The number of phenolic OH excluding ortho intramolecular Hbond substituents is 1. The Hall–Kier alpha value is -3.69. The summed E-state index contributed by atoms with van der Waals surface area (Å²) in [4.78, 5) is 18.2. The van der Waals surface area contributed by atoms with Crippen molar-refractivity contribution in [3.8, 4) is 5.75 Å². The fraction of sp³-hybridized carbons (Fsp3) is 0.435. The third kappa shape index (κ3) is 3.65. The standard InChI is InChI=1S/C23H27N9O/c1-29(2)14-24-23-26-20-18(6-3-7-19(20)33)22-27-21(28-32(22)23)15-5-4-10-30(12-15)17-11-25-31(13-17)16-8-9-16/h3,6-7,11,13-16,33H,4-5,8-10,12H2,1-2H3/t15-/m1/s1. The lowest BCUT2D eigenvalue weighted by atomic mass is 9.97. The first-order valence-electron chi connectivity index (χ1n) is 11.4. The number of piperidine rings is 1. The molecule has 0 amide bonds. The second-order valence-electron chi connectivity index (χ2n) is 9.19. The summed E-state index contributed by atoms with van der Waals surface area (Å²) in [5, 5.41) is 20.6. The Labute approximate surface area is 191 Å². The van der Waals surface area contributed by atoms with Crippen LogP contribution in [0.4, 0.5) is 11.6 Å². The van der Waals surface area contributed by atoms with Gasteiger partial charge in [0, 0.05) is 44.7 Å². The fourth-order valence-electron chi connectivity index (χ4n) is 4.49. The summed E-state index contributed by atoms with van der Waals surface area (Å²) in [5.41, 5.74) is 2.31. The molecular weight excluding hydrogens is 418 g/mol. The van der Waals surface area contributed by atoms with Crippen molar-refractivity contribution in [3.05, 3.63) is 36.4 Å². The van der Waals surface area contributed by atoms with Crippen LogP contribution in [0.1, 0.15) is 43.5 Å². The molecule has 4 heterocycles. The van der Waals surface area contributed by atoms with Crippen LogP contribution in [0.3, 0.4) is 0 Å². The molecule has 3 aromatic heterocycles. The SMILES string of the molecule is CN(C)C=Nc1nc2c(O)cccc2c2nc([C@@H]3CCCN(c4cnn(C5CC5)c4)C3)nn12. The maximum absolute atomic E-state index is 10.4. The average molecular weight is 446 g/mol. The van der Waals surface area contributed by atoms with E-state index in [9.17, 15) is 5.11 Å². The van der Waals surface area contributed by atoms with Crippen molar-refractivity contribution >= 4 is 34.5 Å². The van der Waals surface area contributed by atoms with Gasteiger partial charge in [-0.05, 0) is 37.8 Å². The van der Waals surface area contributed by atoms with Gasteiger partial charge in [-0.25, -0.2) is 15.0 Å². The van der Waals surface area contributed by atoms with Crippen LogP contribution in [0.2, 0.25) is 0 Å². The Balaban J connectivity index is 1.38. The molecule has 0 spiro atoms. The zero-order chi connectivity index (χ0) is 22.5. The topological polar surface area (TPSA) is 100.0 Å². The first kappa shape index (κ1) is 20.0. The van der Waals surface area contributed by atoms with E-state index in [1.807, 2.05) is 31.3 Å². The molecule has 1 atom stereocenters. The highest BCUT2D eigenvalue weighted by atomic mass is 16.3. The number of phenols is 1. The van der Waals surface area contributed by atoms with Crippen molar-refractivity contribution in [2.24, 2.45) is 4.99 Å². The van der Waals surface area contributed by atoms with Crippen molar-refractivity contribution in [2.75, 3.05) is 32.1 Å². The van der Waals surface area contributed by atoms with Crippen LogP contribution in [0.15, 0.2) is 35.6 Å². The minimum absolute atomic E-state index is 0.109. The Kier molecular flexibility index (Phi) is 4.67. The van der Waals surface area contributed by atoms with Gasteiger partial charge in [0.15, 0.2) is 11.5 Å². The number of aromatic nitrogens is 6. The molecule has 0 bridgehead atoms. The summed E-state index contributed by atoms with van der Waals surface area (Å²) in [5.74, 6) is 1.48. The third-order valence-electron chi connectivity index (χ3n) is 6.35. The zero-order valence-corrected chi connectivity index (χ0v) is 18.8. The molecule has 0 unspecified atom stereocenters. The van der Waals surface area contributed by atoms with Gasteiger partial charge in [0.25, 0.3) is 5.95 Å². The quantitative estimate of drug-likeness (QED) is 0.372. The summed E-state index contributed by atoms with van der Waals surface area (Å²) in [6.45, 7) is 1.86. The molecule has 170 valence electrons. The van der Waals surface area contributed by atoms with Crippen molar-refractivity contribution < 1.29 is 5.11 Å². The highest BCUT2D eigenvalue weighted by Crippen LogP contribution is 2.36. The second kappa shape index (κ2) is 7.72. The van der Waals surface area contributed by atoms with E-state index in [2.05, 4.69) is 30.9 Å². The van der Waals surface area contributed by atoms with E-state index in [0.717, 1.165) is 37.1 Å². The number of nitrogens with zero attached hydrogens (tertiary/aromatic N) is 9. The van der Waals surface area contributed by atoms with Crippen LogP contribution in [-0.4, -0.2) is 72.9 Å². The van der Waals surface area contributed by atoms with Gasteiger partial charge >= 0.3 is 0 Å². The fourth-order valence-corrected chi connectivity index (χ4v) is 4.49. The molecule has 2 fully saturated rings. The molecule has 4 aromatic rings. The van der Waals surface area contributed by atoms with Crippen molar-refractivity contribution in [1.29, 1.82) is 0 Å². The number of hydrogen-bond donors (Lipinski definition) is 1. The third-order valence-corrected chi connectivity index (χ3v) is 6.35. The first-order chi connectivity index (χ1) is 16.1. The van der Waals surface area contributed by atoms with Crippen LogP contribution < -0.4 is 4.90 Å². The molecule has 1 saturated carbocycles. The van der Waals surface area contributed by atoms with Gasteiger partial charge in [-0.2, -0.15) is 9.61 Å².